The van der Waals surface area contributed by atoms with E-state index in [1.54, 1.807) is 19.1 Å². The summed E-state index contributed by atoms with van der Waals surface area (Å²) in [4.78, 5) is 29.4. The van der Waals surface area contributed by atoms with Crippen molar-refractivity contribution >= 4 is 17.5 Å². The van der Waals surface area contributed by atoms with Gasteiger partial charge >= 0.3 is 6.03 Å². The summed E-state index contributed by atoms with van der Waals surface area (Å²) < 4.78 is 11.2. The van der Waals surface area contributed by atoms with E-state index in [1.807, 2.05) is 24.3 Å². The van der Waals surface area contributed by atoms with Crippen LogP contribution in [0.5, 0.6) is 11.5 Å². The minimum Gasteiger partial charge on any atom is -0.486 e. The van der Waals surface area contributed by atoms with Crippen LogP contribution in [0.4, 0.5) is 4.79 Å². The molecule has 1 fully saturated rings. The number of rotatable bonds is 4. The number of carbonyl (C=O) groups excluding carboxylic acids is 2. The van der Waals surface area contributed by atoms with E-state index in [9.17, 15) is 9.59 Å². The van der Waals surface area contributed by atoms with Crippen molar-refractivity contribution in [3.05, 3.63) is 65.7 Å². The van der Waals surface area contributed by atoms with Gasteiger partial charge in [-0.15, -0.1) is 0 Å². The number of amides is 3. The Labute approximate surface area is 181 Å². The Morgan fingerprint density at radius 2 is 1.81 bits per heavy atom. The van der Waals surface area contributed by atoms with Gasteiger partial charge in [0.25, 0.3) is 5.91 Å². The van der Waals surface area contributed by atoms with Crippen LogP contribution in [0.2, 0.25) is 0 Å². The van der Waals surface area contributed by atoms with E-state index in [4.69, 9.17) is 9.47 Å². The molecule has 7 heteroatoms. The largest absolute Gasteiger partial charge is 0.486 e. The molecule has 2 aromatic carbocycles. The zero-order chi connectivity index (χ0) is 21.4. The van der Waals surface area contributed by atoms with Gasteiger partial charge in [-0.3, -0.25) is 9.69 Å². The number of carbonyl (C=O) groups is 2. The zero-order valence-electron chi connectivity index (χ0n) is 17.5. The second-order valence-corrected chi connectivity index (χ2v) is 8.21. The number of nitrogens with zero attached hydrogens (tertiary/aromatic N) is 2. The maximum Gasteiger partial charge on any atom is 0.326 e. The van der Waals surface area contributed by atoms with Gasteiger partial charge in [0, 0.05) is 13.1 Å². The molecular formula is C24H25N3O4. The van der Waals surface area contributed by atoms with Crippen LogP contribution in [0.3, 0.4) is 0 Å². The van der Waals surface area contributed by atoms with Crippen LogP contribution in [0.15, 0.2) is 54.6 Å². The zero-order valence-corrected chi connectivity index (χ0v) is 17.5. The molecule has 1 saturated heterocycles. The van der Waals surface area contributed by atoms with E-state index in [1.165, 1.54) is 16.0 Å². The summed E-state index contributed by atoms with van der Waals surface area (Å²) >= 11 is 0. The molecule has 3 aliphatic heterocycles. The second-order valence-electron chi connectivity index (χ2n) is 8.21. The quantitative estimate of drug-likeness (QED) is 0.772. The number of benzene rings is 2. The summed E-state index contributed by atoms with van der Waals surface area (Å²) in [7, 11) is 0. The fraction of sp³-hybridized carbons (Fsp3) is 0.333. The minimum atomic E-state index is -1.13. The molecule has 0 spiro atoms. The van der Waals surface area contributed by atoms with Gasteiger partial charge in [-0.25, -0.2) is 9.69 Å². The van der Waals surface area contributed by atoms with Crippen molar-refractivity contribution in [2.45, 2.75) is 18.9 Å². The summed E-state index contributed by atoms with van der Waals surface area (Å²) in [6.07, 6.45) is 3.06. The molecule has 3 aliphatic rings. The molecule has 3 amide bonds. The standard InChI is InChI=1S/C24H25N3O4/c1-24(19-7-8-20-21(15-19)31-14-13-30-20)22(28)27(23(29)25-24)16-26-11-9-18(10-12-26)17-5-3-2-4-6-17/h2-9,15H,10-14,16H2,1H3,(H,25,29)/t24-/m0/s1. The topological polar surface area (TPSA) is 71.1 Å². The summed E-state index contributed by atoms with van der Waals surface area (Å²) in [5.74, 6) is 0.994. The molecule has 31 heavy (non-hydrogen) atoms. The molecule has 0 radical (unpaired) electrons. The van der Waals surface area contributed by atoms with Crippen LogP contribution in [-0.2, 0) is 10.3 Å². The molecule has 0 bridgehead atoms. The van der Waals surface area contributed by atoms with E-state index in [-0.39, 0.29) is 18.6 Å². The molecule has 160 valence electrons. The number of nitrogens with one attached hydrogen (secondary N) is 1. The summed E-state index contributed by atoms with van der Waals surface area (Å²) in [5.41, 5.74) is 2.08. The van der Waals surface area contributed by atoms with Gasteiger partial charge in [0.1, 0.15) is 18.8 Å². The van der Waals surface area contributed by atoms with Gasteiger partial charge in [-0.05, 0) is 42.2 Å². The normalized spacial score (nSPS) is 23.5. The Hall–Kier alpha value is -3.32. The van der Waals surface area contributed by atoms with Gasteiger partial charge in [0.2, 0.25) is 0 Å². The highest BCUT2D eigenvalue weighted by Crippen LogP contribution is 2.37. The van der Waals surface area contributed by atoms with Gasteiger partial charge in [-0.2, -0.15) is 0 Å². The van der Waals surface area contributed by atoms with Crippen molar-refractivity contribution in [2.75, 3.05) is 33.0 Å². The Balaban J connectivity index is 1.30. The fourth-order valence-electron chi connectivity index (χ4n) is 4.33. The number of fused-ring (bicyclic) bond motifs is 1. The highest BCUT2D eigenvalue weighted by molar-refractivity contribution is 6.07. The molecule has 7 nitrogen and oxygen atoms in total. The fourth-order valence-corrected chi connectivity index (χ4v) is 4.33. The van der Waals surface area contributed by atoms with E-state index in [0.717, 1.165) is 13.0 Å². The van der Waals surface area contributed by atoms with Gasteiger partial charge < -0.3 is 14.8 Å². The lowest BCUT2D eigenvalue weighted by molar-refractivity contribution is -0.132. The summed E-state index contributed by atoms with van der Waals surface area (Å²) in [5, 5.41) is 2.88. The molecule has 0 aliphatic carbocycles. The van der Waals surface area contributed by atoms with E-state index >= 15 is 0 Å². The van der Waals surface area contributed by atoms with Gasteiger partial charge in [0.15, 0.2) is 11.5 Å². The molecule has 0 unspecified atom stereocenters. The molecule has 1 atom stereocenters. The van der Waals surface area contributed by atoms with Crippen molar-refractivity contribution in [3.63, 3.8) is 0 Å². The average Bonchev–Trinajstić information content (AvgIpc) is 3.03. The molecule has 0 aromatic heterocycles. The third-order valence-electron chi connectivity index (χ3n) is 6.17. The average molecular weight is 419 g/mol. The molecule has 5 rings (SSSR count). The smallest absolute Gasteiger partial charge is 0.326 e. The van der Waals surface area contributed by atoms with Crippen molar-refractivity contribution in [2.24, 2.45) is 0 Å². The second kappa shape index (κ2) is 7.74. The SMILES string of the molecule is C[C@@]1(c2ccc3c(c2)OCCO3)NC(=O)N(CN2CC=C(c3ccccc3)CC2)C1=O. The number of hydrogen-bond acceptors (Lipinski definition) is 5. The van der Waals surface area contributed by atoms with Gasteiger partial charge in [-0.1, -0.05) is 42.5 Å². The van der Waals surface area contributed by atoms with Crippen LogP contribution in [0.25, 0.3) is 5.57 Å². The third-order valence-corrected chi connectivity index (χ3v) is 6.17. The number of ether oxygens (including phenoxy) is 2. The highest BCUT2D eigenvalue weighted by Gasteiger charge is 2.49. The highest BCUT2D eigenvalue weighted by atomic mass is 16.6. The van der Waals surface area contributed by atoms with Gasteiger partial charge in [0.05, 0.1) is 6.67 Å². The predicted molar refractivity (Wildman–Crippen MR) is 116 cm³/mol. The van der Waals surface area contributed by atoms with Crippen LogP contribution in [-0.4, -0.2) is 54.7 Å². The van der Waals surface area contributed by atoms with Crippen molar-refractivity contribution in [1.29, 1.82) is 0 Å². The lowest BCUT2D eigenvalue weighted by Gasteiger charge is -2.30. The molecule has 3 heterocycles. The van der Waals surface area contributed by atoms with E-state index in [0.29, 0.717) is 36.8 Å². The lowest BCUT2D eigenvalue weighted by Crippen LogP contribution is -2.44. The van der Waals surface area contributed by atoms with Crippen LogP contribution in [0.1, 0.15) is 24.5 Å². The number of imide groups is 1. The lowest BCUT2D eigenvalue weighted by atomic mass is 9.91. The summed E-state index contributed by atoms with van der Waals surface area (Å²) in [6.45, 7) is 4.46. The van der Waals surface area contributed by atoms with E-state index < -0.39 is 5.54 Å². The first kappa shape index (κ1) is 19.6. The number of hydrogen-bond donors (Lipinski definition) is 1. The maximum atomic E-state index is 13.3. The molecule has 0 saturated carbocycles. The first-order valence-corrected chi connectivity index (χ1v) is 10.6. The Morgan fingerprint density at radius 1 is 1.03 bits per heavy atom. The first-order valence-electron chi connectivity index (χ1n) is 10.6. The predicted octanol–water partition coefficient (Wildman–Crippen LogP) is 2.97. The monoisotopic (exact) mass is 419 g/mol. The van der Waals surface area contributed by atoms with Crippen molar-refractivity contribution < 1.29 is 19.1 Å². The molecule has 2 aromatic rings. The first-order chi connectivity index (χ1) is 15.0. The van der Waals surface area contributed by atoms with Crippen molar-refractivity contribution in [1.82, 2.24) is 15.1 Å². The maximum absolute atomic E-state index is 13.3. The minimum absolute atomic E-state index is 0.257. The molecular weight excluding hydrogens is 394 g/mol. The van der Waals surface area contributed by atoms with Crippen molar-refractivity contribution in [3.8, 4) is 11.5 Å². The number of urea groups is 1. The van der Waals surface area contributed by atoms with Crippen LogP contribution >= 0.6 is 0 Å². The Kier molecular flexibility index (Phi) is 4.90. The molecule has 1 N–H and O–H groups in total. The Bertz CT molecular complexity index is 1050. The summed E-state index contributed by atoms with van der Waals surface area (Å²) in [6, 6.07) is 15.3. The van der Waals surface area contributed by atoms with Crippen LogP contribution < -0.4 is 14.8 Å². The van der Waals surface area contributed by atoms with E-state index in [2.05, 4.69) is 28.4 Å². The van der Waals surface area contributed by atoms with Crippen LogP contribution in [0, 0.1) is 0 Å². The Morgan fingerprint density at radius 3 is 2.55 bits per heavy atom. The third kappa shape index (κ3) is 3.55.